The SMILES string of the molecule is CCNc1c([Si])cccc1Cl. The van der Waals surface area contributed by atoms with Crippen LogP contribution in [-0.4, -0.2) is 16.8 Å². The van der Waals surface area contributed by atoms with Crippen LogP contribution < -0.4 is 10.5 Å². The number of benzene rings is 1. The fourth-order valence-corrected chi connectivity index (χ4v) is 1.52. The van der Waals surface area contributed by atoms with E-state index < -0.39 is 0 Å². The zero-order chi connectivity index (χ0) is 8.27. The van der Waals surface area contributed by atoms with Gasteiger partial charge < -0.3 is 5.32 Å². The minimum absolute atomic E-state index is 0.749. The second kappa shape index (κ2) is 3.79. The van der Waals surface area contributed by atoms with Crippen molar-refractivity contribution in [2.75, 3.05) is 11.9 Å². The quantitative estimate of drug-likeness (QED) is 0.685. The molecule has 3 radical (unpaired) electrons. The Balaban J connectivity index is 3.00. The summed E-state index contributed by atoms with van der Waals surface area (Å²) in [6.45, 7) is 2.91. The molecule has 0 saturated carbocycles. The van der Waals surface area contributed by atoms with E-state index in [1.165, 1.54) is 0 Å². The van der Waals surface area contributed by atoms with Crippen LogP contribution in [0.3, 0.4) is 0 Å². The van der Waals surface area contributed by atoms with Crippen LogP contribution in [0.5, 0.6) is 0 Å². The smallest absolute Gasteiger partial charge is 0.0741 e. The van der Waals surface area contributed by atoms with Crippen molar-refractivity contribution in [3.05, 3.63) is 23.2 Å². The van der Waals surface area contributed by atoms with Crippen LogP contribution in [0, 0.1) is 0 Å². The molecule has 0 bridgehead atoms. The Morgan fingerprint density at radius 2 is 2.27 bits per heavy atom. The maximum Gasteiger partial charge on any atom is 0.0741 e. The van der Waals surface area contributed by atoms with Crippen molar-refractivity contribution in [1.29, 1.82) is 0 Å². The van der Waals surface area contributed by atoms with Gasteiger partial charge in [-0.3, -0.25) is 0 Å². The molecule has 1 rings (SSSR count). The highest BCUT2D eigenvalue weighted by Gasteiger charge is 1.99. The van der Waals surface area contributed by atoms with E-state index in [9.17, 15) is 0 Å². The van der Waals surface area contributed by atoms with Gasteiger partial charge in [-0.05, 0) is 18.2 Å². The van der Waals surface area contributed by atoms with E-state index in [1.807, 2.05) is 25.1 Å². The Kier molecular flexibility index (Phi) is 2.97. The van der Waals surface area contributed by atoms with Gasteiger partial charge in [-0.1, -0.05) is 23.7 Å². The predicted molar refractivity (Wildman–Crippen MR) is 51.0 cm³/mol. The van der Waals surface area contributed by atoms with Crippen molar-refractivity contribution >= 4 is 32.7 Å². The molecule has 0 aliphatic rings. The first-order chi connectivity index (χ1) is 5.25. The zero-order valence-corrected chi connectivity index (χ0v) is 8.07. The highest BCUT2D eigenvalue weighted by atomic mass is 35.5. The van der Waals surface area contributed by atoms with E-state index in [2.05, 4.69) is 15.6 Å². The maximum atomic E-state index is 5.91. The van der Waals surface area contributed by atoms with E-state index in [0.29, 0.717) is 0 Å². The largest absolute Gasteiger partial charge is 0.384 e. The Labute approximate surface area is 75.2 Å². The standard InChI is InChI=1S/C8H9ClNSi/c1-2-10-8-6(9)4-3-5-7(8)11/h3-5,10H,2H2,1H3. The number of rotatable bonds is 2. The third-order valence-electron chi connectivity index (χ3n) is 1.37. The Morgan fingerprint density at radius 1 is 1.55 bits per heavy atom. The van der Waals surface area contributed by atoms with Crippen LogP contribution in [-0.2, 0) is 0 Å². The molecule has 3 heteroatoms. The monoisotopic (exact) mass is 182 g/mol. The van der Waals surface area contributed by atoms with Crippen LogP contribution >= 0.6 is 11.6 Å². The molecule has 0 aliphatic heterocycles. The summed E-state index contributed by atoms with van der Waals surface area (Å²) in [6, 6.07) is 5.73. The third kappa shape index (κ3) is 1.98. The van der Waals surface area contributed by atoms with Gasteiger partial charge >= 0.3 is 0 Å². The molecular weight excluding hydrogens is 174 g/mol. The average molecular weight is 183 g/mol. The summed E-state index contributed by atoms with van der Waals surface area (Å²) in [4.78, 5) is 0. The molecule has 0 aliphatic carbocycles. The second-order valence-corrected chi connectivity index (χ2v) is 3.14. The topological polar surface area (TPSA) is 12.0 Å². The molecule has 0 amide bonds. The molecule has 1 nitrogen and oxygen atoms in total. The van der Waals surface area contributed by atoms with E-state index >= 15 is 0 Å². The molecular formula is C8H9ClNSi. The maximum absolute atomic E-state index is 5.91. The Morgan fingerprint density at radius 3 is 2.82 bits per heavy atom. The number of nitrogens with one attached hydrogen (secondary N) is 1. The van der Waals surface area contributed by atoms with Gasteiger partial charge in [0.25, 0.3) is 0 Å². The fourth-order valence-electron chi connectivity index (χ4n) is 0.881. The summed E-state index contributed by atoms with van der Waals surface area (Å²) in [5.41, 5.74) is 0.966. The molecule has 1 aromatic carbocycles. The number of hydrogen-bond acceptors (Lipinski definition) is 1. The first-order valence-corrected chi connectivity index (χ1v) is 4.37. The Bertz CT molecular complexity index is 230. The van der Waals surface area contributed by atoms with Crippen molar-refractivity contribution < 1.29 is 0 Å². The van der Waals surface area contributed by atoms with Gasteiger partial charge in [0.15, 0.2) is 0 Å². The fraction of sp³-hybridized carbons (Fsp3) is 0.250. The number of hydrogen-bond donors (Lipinski definition) is 1. The van der Waals surface area contributed by atoms with E-state index in [4.69, 9.17) is 11.6 Å². The van der Waals surface area contributed by atoms with Crippen molar-refractivity contribution in [1.82, 2.24) is 0 Å². The Hall–Kier alpha value is -0.473. The van der Waals surface area contributed by atoms with E-state index in [-0.39, 0.29) is 0 Å². The van der Waals surface area contributed by atoms with E-state index in [1.54, 1.807) is 0 Å². The molecule has 0 unspecified atom stereocenters. The van der Waals surface area contributed by atoms with Gasteiger partial charge in [-0.2, -0.15) is 0 Å². The molecule has 0 heterocycles. The normalized spacial score (nSPS) is 9.73. The van der Waals surface area contributed by atoms with Crippen LogP contribution in [0.15, 0.2) is 18.2 Å². The lowest BCUT2D eigenvalue weighted by atomic mass is 10.3. The van der Waals surface area contributed by atoms with Crippen LogP contribution in [0.2, 0.25) is 5.02 Å². The summed E-state index contributed by atoms with van der Waals surface area (Å²) in [5.74, 6) is 0. The predicted octanol–water partition coefficient (Wildman–Crippen LogP) is 1.57. The third-order valence-corrected chi connectivity index (χ3v) is 2.10. The molecule has 0 aromatic heterocycles. The van der Waals surface area contributed by atoms with Crippen molar-refractivity contribution in [2.45, 2.75) is 6.92 Å². The molecule has 1 aromatic rings. The average Bonchev–Trinajstić information content (AvgIpc) is 1.97. The van der Waals surface area contributed by atoms with Gasteiger partial charge in [-0.25, -0.2) is 0 Å². The number of anilines is 1. The molecule has 57 valence electrons. The van der Waals surface area contributed by atoms with Crippen LogP contribution in [0.25, 0.3) is 0 Å². The van der Waals surface area contributed by atoms with Gasteiger partial charge in [0.1, 0.15) is 0 Å². The lowest BCUT2D eigenvalue weighted by molar-refractivity contribution is 1.22. The molecule has 11 heavy (non-hydrogen) atoms. The van der Waals surface area contributed by atoms with Crippen molar-refractivity contribution in [3.8, 4) is 0 Å². The van der Waals surface area contributed by atoms with E-state index in [0.717, 1.165) is 22.4 Å². The van der Waals surface area contributed by atoms with Gasteiger partial charge in [-0.15, -0.1) is 0 Å². The highest BCUT2D eigenvalue weighted by molar-refractivity contribution is 6.41. The molecule has 0 spiro atoms. The molecule has 1 N–H and O–H groups in total. The minimum Gasteiger partial charge on any atom is -0.384 e. The molecule has 0 saturated heterocycles. The van der Waals surface area contributed by atoms with Crippen LogP contribution in [0.1, 0.15) is 6.92 Å². The van der Waals surface area contributed by atoms with Crippen LogP contribution in [0.4, 0.5) is 5.69 Å². The highest BCUT2D eigenvalue weighted by Crippen LogP contribution is 2.17. The summed E-state index contributed by atoms with van der Waals surface area (Å²) in [6.07, 6.45) is 0. The molecule has 0 atom stereocenters. The van der Waals surface area contributed by atoms with Crippen molar-refractivity contribution in [2.24, 2.45) is 0 Å². The molecule has 0 fully saturated rings. The van der Waals surface area contributed by atoms with Gasteiger partial charge in [0.2, 0.25) is 0 Å². The lowest BCUT2D eigenvalue weighted by Crippen LogP contribution is -2.12. The summed E-state index contributed by atoms with van der Waals surface area (Å²) < 4.78 is 0. The summed E-state index contributed by atoms with van der Waals surface area (Å²) in [5, 5.41) is 4.91. The van der Waals surface area contributed by atoms with Gasteiger partial charge in [0.05, 0.1) is 21.0 Å². The zero-order valence-electron chi connectivity index (χ0n) is 6.32. The first-order valence-electron chi connectivity index (χ1n) is 3.49. The minimum atomic E-state index is 0.749. The number of halogens is 1. The number of para-hydroxylation sites is 1. The lowest BCUT2D eigenvalue weighted by Gasteiger charge is -2.08. The second-order valence-electron chi connectivity index (χ2n) is 2.19. The van der Waals surface area contributed by atoms with Gasteiger partial charge in [0, 0.05) is 6.54 Å². The summed E-state index contributed by atoms with van der Waals surface area (Å²) >= 11 is 5.91. The van der Waals surface area contributed by atoms with Crippen molar-refractivity contribution in [3.63, 3.8) is 0 Å². The first kappa shape index (κ1) is 8.62. The summed E-state index contributed by atoms with van der Waals surface area (Å²) in [7, 11) is 3.45.